The van der Waals surface area contributed by atoms with Gasteiger partial charge in [0, 0.05) is 17.0 Å². The second-order valence-electron chi connectivity index (χ2n) is 4.72. The molecular weight excluding hydrogens is 296 g/mol. The number of thiazole rings is 1. The third-order valence-electron chi connectivity index (χ3n) is 2.92. The van der Waals surface area contributed by atoms with Crippen LogP contribution in [0.1, 0.15) is 47.0 Å². The monoisotopic (exact) mass is 311 g/mol. The van der Waals surface area contributed by atoms with E-state index in [9.17, 15) is 13.6 Å². The summed E-state index contributed by atoms with van der Waals surface area (Å²) in [5.41, 5.74) is 6.14. The normalized spacial score (nSPS) is 13.8. The molecule has 0 bridgehead atoms. The van der Waals surface area contributed by atoms with Crippen LogP contribution >= 0.6 is 11.3 Å². The molecule has 0 aliphatic rings. The molecule has 0 radical (unpaired) electrons. The van der Waals surface area contributed by atoms with Crippen LogP contribution in [0.2, 0.25) is 0 Å². The van der Waals surface area contributed by atoms with Gasteiger partial charge in [-0.1, -0.05) is 6.07 Å². The number of nitrogens with zero attached hydrogens (tertiary/aromatic N) is 1. The van der Waals surface area contributed by atoms with Gasteiger partial charge in [-0.3, -0.25) is 4.79 Å². The number of hydrogen-bond donors (Lipinski definition) is 2. The van der Waals surface area contributed by atoms with Crippen molar-refractivity contribution in [2.24, 2.45) is 5.73 Å². The maximum absolute atomic E-state index is 13.6. The average molecular weight is 311 g/mol. The SMILES string of the molecule is CC(N)c1nc(C(=O)NC(C)c2ccc(F)cc2F)cs1. The second-order valence-corrected chi connectivity index (χ2v) is 5.61. The lowest BCUT2D eigenvalue weighted by molar-refractivity contribution is 0.0935. The molecule has 7 heteroatoms. The van der Waals surface area contributed by atoms with Crippen LogP contribution in [-0.2, 0) is 0 Å². The number of carbonyl (C=O) groups excluding carboxylic acids is 1. The lowest BCUT2D eigenvalue weighted by Gasteiger charge is -2.14. The quantitative estimate of drug-likeness (QED) is 0.912. The van der Waals surface area contributed by atoms with E-state index >= 15 is 0 Å². The van der Waals surface area contributed by atoms with Crippen molar-refractivity contribution >= 4 is 17.2 Å². The Kier molecular flexibility index (Phi) is 4.64. The van der Waals surface area contributed by atoms with Crippen molar-refractivity contribution in [1.29, 1.82) is 0 Å². The van der Waals surface area contributed by atoms with E-state index in [0.717, 1.165) is 12.1 Å². The van der Waals surface area contributed by atoms with Crippen molar-refractivity contribution in [3.63, 3.8) is 0 Å². The van der Waals surface area contributed by atoms with Gasteiger partial charge in [0.2, 0.25) is 0 Å². The van der Waals surface area contributed by atoms with Gasteiger partial charge in [-0.15, -0.1) is 11.3 Å². The number of nitrogens with one attached hydrogen (secondary N) is 1. The van der Waals surface area contributed by atoms with Crippen LogP contribution in [0, 0.1) is 11.6 Å². The molecule has 0 saturated heterocycles. The molecule has 1 aromatic carbocycles. The molecule has 0 fully saturated rings. The van der Waals surface area contributed by atoms with Crippen molar-refractivity contribution in [3.05, 3.63) is 51.5 Å². The van der Waals surface area contributed by atoms with Crippen molar-refractivity contribution in [1.82, 2.24) is 10.3 Å². The van der Waals surface area contributed by atoms with Crippen molar-refractivity contribution < 1.29 is 13.6 Å². The van der Waals surface area contributed by atoms with Crippen LogP contribution in [-0.4, -0.2) is 10.9 Å². The largest absolute Gasteiger partial charge is 0.344 e. The van der Waals surface area contributed by atoms with E-state index in [4.69, 9.17) is 5.73 Å². The third kappa shape index (κ3) is 3.62. The molecule has 2 atom stereocenters. The minimum atomic E-state index is -0.697. The zero-order valence-electron chi connectivity index (χ0n) is 11.6. The fourth-order valence-corrected chi connectivity index (χ4v) is 2.56. The van der Waals surface area contributed by atoms with Gasteiger partial charge in [0.1, 0.15) is 22.3 Å². The van der Waals surface area contributed by atoms with Crippen molar-refractivity contribution in [2.45, 2.75) is 25.9 Å². The molecule has 0 spiro atoms. The van der Waals surface area contributed by atoms with E-state index < -0.39 is 23.6 Å². The zero-order chi connectivity index (χ0) is 15.6. The fraction of sp³-hybridized carbons (Fsp3) is 0.286. The van der Waals surface area contributed by atoms with Crippen molar-refractivity contribution in [3.8, 4) is 0 Å². The fourth-order valence-electron chi connectivity index (χ4n) is 1.80. The molecule has 21 heavy (non-hydrogen) atoms. The van der Waals surface area contributed by atoms with E-state index in [-0.39, 0.29) is 17.3 Å². The summed E-state index contributed by atoms with van der Waals surface area (Å²) in [4.78, 5) is 16.2. The number of benzene rings is 1. The summed E-state index contributed by atoms with van der Waals surface area (Å²) in [7, 11) is 0. The van der Waals surface area contributed by atoms with E-state index in [1.807, 2.05) is 0 Å². The van der Waals surface area contributed by atoms with Crippen LogP contribution in [0.5, 0.6) is 0 Å². The predicted molar refractivity (Wildman–Crippen MR) is 77.0 cm³/mol. The lowest BCUT2D eigenvalue weighted by atomic mass is 10.1. The van der Waals surface area contributed by atoms with Crippen LogP contribution in [0.4, 0.5) is 8.78 Å². The molecule has 1 heterocycles. The van der Waals surface area contributed by atoms with Gasteiger partial charge in [0.15, 0.2) is 0 Å². The molecule has 1 aromatic heterocycles. The van der Waals surface area contributed by atoms with Gasteiger partial charge < -0.3 is 11.1 Å². The minimum absolute atomic E-state index is 0.215. The predicted octanol–water partition coefficient (Wildman–Crippen LogP) is 2.93. The molecule has 0 aliphatic carbocycles. The van der Waals surface area contributed by atoms with E-state index in [2.05, 4.69) is 10.3 Å². The summed E-state index contributed by atoms with van der Waals surface area (Å²) in [6, 6.07) is 2.40. The molecule has 0 saturated carbocycles. The second kappa shape index (κ2) is 6.28. The maximum atomic E-state index is 13.6. The number of carbonyl (C=O) groups is 1. The summed E-state index contributed by atoms with van der Waals surface area (Å²) in [6.45, 7) is 3.39. The number of aromatic nitrogens is 1. The number of hydrogen-bond acceptors (Lipinski definition) is 4. The first-order valence-electron chi connectivity index (χ1n) is 6.35. The number of amides is 1. The van der Waals surface area contributed by atoms with E-state index in [0.29, 0.717) is 5.01 Å². The smallest absolute Gasteiger partial charge is 0.271 e. The van der Waals surface area contributed by atoms with Gasteiger partial charge in [0.05, 0.1) is 12.1 Å². The van der Waals surface area contributed by atoms with Crippen LogP contribution in [0.25, 0.3) is 0 Å². The highest BCUT2D eigenvalue weighted by atomic mass is 32.1. The number of halogens is 2. The Morgan fingerprint density at radius 1 is 1.38 bits per heavy atom. The van der Waals surface area contributed by atoms with E-state index in [1.165, 1.54) is 17.4 Å². The molecule has 2 aromatic rings. The Labute approximate surface area is 125 Å². The average Bonchev–Trinajstić information content (AvgIpc) is 2.88. The summed E-state index contributed by atoms with van der Waals surface area (Å²) in [6.07, 6.45) is 0. The summed E-state index contributed by atoms with van der Waals surface area (Å²) >= 11 is 1.29. The first-order valence-corrected chi connectivity index (χ1v) is 7.23. The number of nitrogens with two attached hydrogens (primary N) is 1. The first-order chi connectivity index (χ1) is 9.88. The van der Waals surface area contributed by atoms with Crippen molar-refractivity contribution in [2.75, 3.05) is 0 Å². The van der Waals surface area contributed by atoms with Gasteiger partial charge in [-0.2, -0.15) is 0 Å². The van der Waals surface area contributed by atoms with Crippen LogP contribution in [0.15, 0.2) is 23.6 Å². The Balaban J connectivity index is 2.11. The van der Waals surface area contributed by atoms with Gasteiger partial charge in [0.25, 0.3) is 5.91 Å². The highest BCUT2D eigenvalue weighted by Gasteiger charge is 2.18. The first kappa shape index (κ1) is 15.5. The molecule has 112 valence electrons. The topological polar surface area (TPSA) is 68.0 Å². The Morgan fingerprint density at radius 3 is 2.67 bits per heavy atom. The standard InChI is InChI=1S/C14H15F2N3OS/c1-7(17)14-19-12(6-21-14)13(20)18-8(2)10-4-3-9(15)5-11(10)16/h3-8H,17H2,1-2H3,(H,18,20). The molecule has 0 aliphatic heterocycles. The maximum Gasteiger partial charge on any atom is 0.271 e. The molecule has 2 rings (SSSR count). The third-order valence-corrected chi connectivity index (χ3v) is 3.97. The summed E-state index contributed by atoms with van der Waals surface area (Å²) in [5, 5.41) is 4.88. The minimum Gasteiger partial charge on any atom is -0.344 e. The zero-order valence-corrected chi connectivity index (χ0v) is 12.4. The number of rotatable bonds is 4. The van der Waals surface area contributed by atoms with E-state index in [1.54, 1.807) is 19.2 Å². The van der Waals surface area contributed by atoms with Crippen LogP contribution in [0.3, 0.4) is 0 Å². The Bertz CT molecular complexity index is 657. The highest BCUT2D eigenvalue weighted by Crippen LogP contribution is 2.19. The molecule has 2 unspecified atom stereocenters. The molecule has 4 nitrogen and oxygen atoms in total. The van der Waals surface area contributed by atoms with Gasteiger partial charge in [-0.05, 0) is 19.9 Å². The van der Waals surface area contributed by atoms with Crippen LogP contribution < -0.4 is 11.1 Å². The lowest BCUT2D eigenvalue weighted by Crippen LogP contribution is -2.27. The molecular formula is C14H15F2N3OS. The summed E-state index contributed by atoms with van der Waals surface area (Å²) in [5.74, 6) is -1.78. The molecule has 3 N–H and O–H groups in total. The molecule has 1 amide bonds. The Hall–Kier alpha value is -1.86. The Morgan fingerprint density at radius 2 is 2.10 bits per heavy atom. The highest BCUT2D eigenvalue weighted by molar-refractivity contribution is 7.09. The summed E-state index contributed by atoms with van der Waals surface area (Å²) < 4.78 is 26.5. The van der Waals surface area contributed by atoms with Gasteiger partial charge in [-0.25, -0.2) is 13.8 Å². The van der Waals surface area contributed by atoms with Gasteiger partial charge >= 0.3 is 0 Å².